The number of aliphatic hydroxyl groups is 2. The molecule has 12 nitrogen and oxygen atoms in total. The van der Waals surface area contributed by atoms with Gasteiger partial charge in [0.2, 0.25) is 20.0 Å². The van der Waals surface area contributed by atoms with Gasteiger partial charge in [0.15, 0.2) is 0 Å². The molecule has 0 saturated carbocycles. The molecule has 0 aliphatic heterocycles. The van der Waals surface area contributed by atoms with E-state index in [4.69, 9.17) is 5.73 Å². The highest BCUT2D eigenvalue weighted by Crippen LogP contribution is 2.36. The molecule has 4 atom stereocenters. The largest absolute Gasteiger partial charge is 0.506 e. The van der Waals surface area contributed by atoms with Crippen molar-refractivity contribution in [2.24, 2.45) is 5.73 Å². The lowest BCUT2D eigenvalue weighted by atomic mass is 10.0. The molecule has 0 fully saturated rings. The lowest BCUT2D eigenvalue weighted by Gasteiger charge is -2.22. The molecule has 3 rings (SSSR count). The van der Waals surface area contributed by atoms with Crippen molar-refractivity contribution in [3.8, 4) is 11.5 Å². The Morgan fingerprint density at radius 1 is 0.694 bits per heavy atom. The Morgan fingerprint density at radius 3 is 1.43 bits per heavy atom. The topological polar surface area (TPSA) is 211 Å². The van der Waals surface area contributed by atoms with Gasteiger partial charge in [-0.15, -0.1) is 0 Å². The second-order valence-corrected chi connectivity index (χ2v) is 14.6. The number of aliphatic hydroxyl groups excluding tert-OH is 2. The quantitative estimate of drug-likeness (QED) is 0.104. The van der Waals surface area contributed by atoms with Gasteiger partial charge < -0.3 is 31.5 Å². The minimum absolute atomic E-state index is 0.0182. The summed E-state index contributed by atoms with van der Waals surface area (Å²) >= 11 is 0. The van der Waals surface area contributed by atoms with Crippen LogP contribution in [0.5, 0.6) is 11.5 Å². The van der Waals surface area contributed by atoms with Crippen LogP contribution in [-0.4, -0.2) is 61.9 Å². The molecular weight excluding hydrogens is 710 g/mol. The van der Waals surface area contributed by atoms with Gasteiger partial charge in [-0.25, -0.2) is 16.8 Å². The number of sulfonamides is 2. The van der Waals surface area contributed by atoms with E-state index in [2.05, 4.69) is 14.8 Å². The third-order valence-corrected chi connectivity index (χ3v) is 7.74. The van der Waals surface area contributed by atoms with Crippen molar-refractivity contribution in [1.82, 2.24) is 5.32 Å². The fraction of sp³-hybridized carbons (Fsp3) is 0.379. The zero-order valence-electron chi connectivity index (χ0n) is 26.3. The fourth-order valence-corrected chi connectivity index (χ4v) is 5.27. The van der Waals surface area contributed by atoms with Crippen LogP contribution in [-0.2, 0) is 38.9 Å². The normalized spacial score (nSPS) is 15.0. The molecular formula is C29H36F6N4O8S2. The van der Waals surface area contributed by atoms with E-state index in [-0.39, 0.29) is 34.3 Å². The Labute approximate surface area is 278 Å². The molecule has 0 aliphatic rings. The number of rotatable bonds is 11. The maximum absolute atomic E-state index is 13.0. The SMILES string of the molecule is C[C@H](N)[C@H](O)c1ccc(O)c(NS(C)(=O)=O)c1.C[C@H](NCc1cc(C(F)(F)F)cc(C(F)(F)F)c1)[C@H](O)c1ccc(O)c(NS(C)(=O)=O)c1. The highest BCUT2D eigenvalue weighted by Gasteiger charge is 2.37. The average Bonchev–Trinajstić information content (AvgIpc) is 2.95. The molecule has 20 heteroatoms. The van der Waals surface area contributed by atoms with Crippen molar-refractivity contribution in [3.05, 3.63) is 82.4 Å². The van der Waals surface area contributed by atoms with Gasteiger partial charge in [-0.2, -0.15) is 26.3 Å². The van der Waals surface area contributed by atoms with Crippen LogP contribution in [0.1, 0.15) is 53.9 Å². The summed E-state index contributed by atoms with van der Waals surface area (Å²) in [5.41, 5.74) is 2.73. The minimum Gasteiger partial charge on any atom is -0.506 e. The standard InChI is InChI=1S/C19H20F6N2O4S.C10H16N2O4S/c1-10(17(29)12-3-4-16(28)15(7-12)27-32(2,30)31)26-9-11-5-13(18(20,21)22)8-14(6-11)19(23,24)25;1-6(11)10(14)7-3-4-9(13)8(5-7)12-17(2,15)16/h3-8,10,17,26-29H,9H2,1-2H3;3-6,10,12-14H,11H2,1-2H3/t10-,17-;6-,10-/m00/s1. The number of aromatic hydroxyl groups is 2. The molecule has 3 aromatic rings. The Morgan fingerprint density at radius 2 is 1.08 bits per heavy atom. The van der Waals surface area contributed by atoms with E-state index >= 15 is 0 Å². The third kappa shape index (κ3) is 13.2. The molecule has 0 amide bonds. The van der Waals surface area contributed by atoms with Crippen LogP contribution >= 0.6 is 0 Å². The van der Waals surface area contributed by atoms with Gasteiger partial charge in [0, 0.05) is 18.6 Å². The van der Waals surface area contributed by atoms with Crippen molar-refractivity contribution < 1.29 is 63.6 Å². The Kier molecular flexibility index (Phi) is 13.3. The molecule has 0 spiro atoms. The number of nitrogens with two attached hydrogens (primary N) is 1. The van der Waals surface area contributed by atoms with E-state index in [1.165, 1.54) is 31.2 Å². The van der Waals surface area contributed by atoms with E-state index in [9.17, 15) is 63.6 Å². The van der Waals surface area contributed by atoms with Gasteiger partial charge in [0.25, 0.3) is 0 Å². The van der Waals surface area contributed by atoms with Crippen molar-refractivity contribution >= 4 is 31.4 Å². The number of hydrogen-bond acceptors (Lipinski definition) is 10. The molecule has 49 heavy (non-hydrogen) atoms. The molecule has 0 aromatic heterocycles. The summed E-state index contributed by atoms with van der Waals surface area (Å²) in [5.74, 6) is -0.619. The zero-order chi connectivity index (χ0) is 37.7. The molecule has 0 heterocycles. The van der Waals surface area contributed by atoms with Crippen molar-refractivity contribution in [2.45, 2.75) is 57.0 Å². The van der Waals surface area contributed by atoms with Crippen molar-refractivity contribution in [3.63, 3.8) is 0 Å². The third-order valence-electron chi connectivity index (χ3n) is 6.56. The van der Waals surface area contributed by atoms with E-state index in [0.29, 0.717) is 17.7 Å². The van der Waals surface area contributed by atoms with Crippen LogP contribution in [0.4, 0.5) is 37.7 Å². The predicted octanol–water partition coefficient (Wildman–Crippen LogP) is 4.16. The van der Waals surface area contributed by atoms with Crippen LogP contribution in [0.25, 0.3) is 0 Å². The number of phenols is 2. The lowest BCUT2D eigenvalue weighted by Crippen LogP contribution is -2.32. The average molecular weight is 747 g/mol. The van der Waals surface area contributed by atoms with Crippen LogP contribution in [0, 0.1) is 0 Å². The van der Waals surface area contributed by atoms with Gasteiger partial charge in [-0.3, -0.25) is 9.44 Å². The van der Waals surface area contributed by atoms with Crippen LogP contribution in [0.15, 0.2) is 54.6 Å². The molecule has 9 N–H and O–H groups in total. The Balaban J connectivity index is 0.000000412. The molecule has 0 bridgehead atoms. The number of halogens is 6. The highest BCUT2D eigenvalue weighted by molar-refractivity contribution is 7.92. The molecule has 0 saturated heterocycles. The van der Waals surface area contributed by atoms with Gasteiger partial charge in [0.1, 0.15) is 11.5 Å². The van der Waals surface area contributed by atoms with Crippen LogP contribution < -0.4 is 20.5 Å². The fourth-order valence-electron chi connectivity index (χ4n) is 4.14. The van der Waals surface area contributed by atoms with Crippen LogP contribution in [0.2, 0.25) is 0 Å². The first-order valence-electron chi connectivity index (χ1n) is 13.9. The summed E-state index contributed by atoms with van der Waals surface area (Å²) in [6.07, 6.45) is -10.4. The first-order chi connectivity index (χ1) is 22.2. The first kappa shape index (κ1) is 41.4. The Hall–Kier alpha value is -3.82. The molecule has 0 unspecified atom stereocenters. The van der Waals surface area contributed by atoms with Crippen LogP contribution in [0.3, 0.4) is 0 Å². The summed E-state index contributed by atoms with van der Waals surface area (Å²) in [6.45, 7) is 2.64. The van der Waals surface area contributed by atoms with E-state index in [0.717, 1.165) is 24.6 Å². The molecule has 0 aliphatic carbocycles. The van der Waals surface area contributed by atoms with Gasteiger partial charge in [0.05, 0.1) is 47.2 Å². The number of phenolic OH excluding ortho intramolecular Hbond substituents is 2. The van der Waals surface area contributed by atoms with Gasteiger partial charge in [-0.1, -0.05) is 12.1 Å². The predicted molar refractivity (Wildman–Crippen MR) is 169 cm³/mol. The maximum atomic E-state index is 13.0. The maximum Gasteiger partial charge on any atom is 0.416 e. The second kappa shape index (κ2) is 15.8. The molecule has 0 radical (unpaired) electrons. The van der Waals surface area contributed by atoms with Crippen molar-refractivity contribution in [2.75, 3.05) is 22.0 Å². The van der Waals surface area contributed by atoms with Gasteiger partial charge in [-0.05, 0) is 73.0 Å². The number of hydrogen-bond donors (Lipinski definition) is 8. The first-order valence-corrected chi connectivity index (χ1v) is 17.7. The Bertz CT molecular complexity index is 1790. The molecule has 3 aromatic carbocycles. The number of benzene rings is 3. The monoisotopic (exact) mass is 746 g/mol. The second-order valence-electron chi connectivity index (χ2n) is 11.1. The molecule has 274 valence electrons. The van der Waals surface area contributed by atoms with Crippen molar-refractivity contribution in [1.29, 1.82) is 0 Å². The zero-order valence-corrected chi connectivity index (χ0v) is 27.9. The van der Waals surface area contributed by atoms with E-state index in [1.54, 1.807) is 6.92 Å². The summed E-state index contributed by atoms with van der Waals surface area (Å²) in [7, 11) is -7.22. The summed E-state index contributed by atoms with van der Waals surface area (Å²) < 4.78 is 127. The van der Waals surface area contributed by atoms with E-state index < -0.39 is 80.1 Å². The summed E-state index contributed by atoms with van der Waals surface area (Å²) in [4.78, 5) is 0. The number of anilines is 2. The smallest absolute Gasteiger partial charge is 0.416 e. The minimum atomic E-state index is -4.98. The van der Waals surface area contributed by atoms with E-state index in [1.807, 2.05) is 0 Å². The van der Waals surface area contributed by atoms with Gasteiger partial charge >= 0.3 is 12.4 Å². The highest BCUT2D eigenvalue weighted by atomic mass is 32.2. The number of alkyl halides is 6. The summed E-state index contributed by atoms with van der Waals surface area (Å²) in [5, 5.41) is 42.1. The lowest BCUT2D eigenvalue weighted by molar-refractivity contribution is -0.143. The number of nitrogens with one attached hydrogen (secondary N) is 3. The summed E-state index contributed by atoms with van der Waals surface area (Å²) in [6, 6.07) is 7.53.